The highest BCUT2D eigenvalue weighted by molar-refractivity contribution is 5.83. The van der Waals surface area contributed by atoms with Gasteiger partial charge in [0.15, 0.2) is 0 Å². The largest absolute Gasteiger partial charge is 0.384 e. The van der Waals surface area contributed by atoms with Crippen LogP contribution in [-0.2, 0) is 4.74 Å². The second-order valence-electron chi connectivity index (χ2n) is 7.34. The Kier molecular flexibility index (Phi) is 6.36. The Morgan fingerprint density at radius 2 is 1.48 bits per heavy atom. The maximum Gasteiger partial charge on any atom is 0.134 e. The molecule has 4 heterocycles. The molecule has 0 saturated carbocycles. The second kappa shape index (κ2) is 9.52. The van der Waals surface area contributed by atoms with Crippen LogP contribution in [0.5, 0.6) is 0 Å². The van der Waals surface area contributed by atoms with Crippen LogP contribution in [0.25, 0.3) is 10.8 Å². The van der Waals surface area contributed by atoms with Crippen molar-refractivity contribution in [3.63, 3.8) is 0 Å². The minimum Gasteiger partial charge on any atom is -0.384 e. The summed E-state index contributed by atoms with van der Waals surface area (Å²) in [5, 5.41) is 2.52. The summed E-state index contributed by atoms with van der Waals surface area (Å²) in [7, 11) is 0. The Morgan fingerprint density at radius 1 is 0.793 bits per heavy atom. The van der Waals surface area contributed by atoms with E-state index in [1.54, 1.807) is 6.07 Å². The number of ether oxygens (including phenoxy) is 1. The summed E-state index contributed by atoms with van der Waals surface area (Å²) in [5.41, 5.74) is 5.56. The molecule has 0 unspecified atom stereocenters. The molecule has 0 atom stereocenters. The van der Waals surface area contributed by atoms with Crippen molar-refractivity contribution < 1.29 is 6.16 Å². The van der Waals surface area contributed by atoms with Gasteiger partial charge in [0, 0.05) is 45.3 Å². The maximum absolute atomic E-state index is 5.56. The van der Waals surface area contributed by atoms with Gasteiger partial charge >= 0.3 is 0 Å². The summed E-state index contributed by atoms with van der Waals surface area (Å²) in [6.45, 7) is 5.57. The number of hydrogen-bond donors (Lipinski definition) is 1. The third kappa shape index (κ3) is 5.12. The molecule has 5 rings (SSSR count). The quantitative estimate of drug-likeness (QED) is 0.714. The van der Waals surface area contributed by atoms with Crippen LogP contribution < -0.4 is 15.5 Å². The zero-order valence-electron chi connectivity index (χ0n) is 16.7. The first-order chi connectivity index (χ1) is 14.3. The fourth-order valence-electron chi connectivity index (χ4n) is 3.69. The van der Waals surface area contributed by atoms with Crippen molar-refractivity contribution in [2.24, 2.45) is 0 Å². The van der Waals surface area contributed by atoms with Crippen molar-refractivity contribution in [2.75, 3.05) is 54.9 Å². The molecule has 2 fully saturated rings. The average Bonchev–Trinajstić information content (AvgIpc) is 2.80. The van der Waals surface area contributed by atoms with Crippen molar-refractivity contribution in [3.05, 3.63) is 48.9 Å². The number of nitrogens with zero attached hydrogens (tertiary/aromatic N) is 5. The van der Waals surface area contributed by atoms with Gasteiger partial charge in [0.25, 0.3) is 0 Å². The van der Waals surface area contributed by atoms with E-state index in [9.17, 15) is 0 Å². The van der Waals surface area contributed by atoms with E-state index in [1.807, 2.05) is 6.20 Å². The van der Waals surface area contributed by atoms with Gasteiger partial charge in [-0.2, -0.15) is 0 Å². The summed E-state index contributed by atoms with van der Waals surface area (Å²) in [6.07, 6.45) is 7.44. The van der Waals surface area contributed by atoms with Gasteiger partial charge in [0.2, 0.25) is 0 Å². The molecule has 2 aliphatic heterocycles. The standard InChI is InChI=1S/C14H16N2.C8H12N4O.H2/c1-4-8-16(9-5-1)14-10-12-6-2-3-7-13(12)11-15-14;9-7-5-8(11-6-10-7)12-1-3-13-4-2-12;/h2-3,6-7,10-11H,1,4-5,8-9H2;5-6H,1-4H2,(H2,9,10,11);1H. The number of nitrogens with two attached hydrogens (primary N) is 1. The molecule has 2 saturated heterocycles. The zero-order chi connectivity index (χ0) is 19.9. The summed E-state index contributed by atoms with van der Waals surface area (Å²) < 4.78 is 5.24. The Labute approximate surface area is 173 Å². The molecule has 0 radical (unpaired) electrons. The monoisotopic (exact) mass is 394 g/mol. The first-order valence-electron chi connectivity index (χ1n) is 10.3. The molecule has 154 valence electrons. The van der Waals surface area contributed by atoms with Crippen LogP contribution in [0.1, 0.15) is 20.7 Å². The molecule has 3 aromatic rings. The molecule has 2 N–H and O–H groups in total. The van der Waals surface area contributed by atoms with E-state index in [2.05, 4.69) is 55.1 Å². The second-order valence-corrected chi connectivity index (χ2v) is 7.34. The van der Waals surface area contributed by atoms with Gasteiger partial charge in [0.1, 0.15) is 23.8 Å². The zero-order valence-corrected chi connectivity index (χ0v) is 16.7. The van der Waals surface area contributed by atoms with Crippen LogP contribution in [0.4, 0.5) is 17.5 Å². The van der Waals surface area contributed by atoms with Gasteiger partial charge in [-0.25, -0.2) is 15.0 Å². The van der Waals surface area contributed by atoms with Crippen LogP contribution in [0.2, 0.25) is 0 Å². The van der Waals surface area contributed by atoms with Crippen molar-refractivity contribution >= 4 is 28.2 Å². The van der Waals surface area contributed by atoms with Crippen molar-refractivity contribution in [1.82, 2.24) is 15.0 Å². The number of piperidine rings is 1. The molecule has 0 aliphatic carbocycles. The topological polar surface area (TPSA) is 80.4 Å². The highest BCUT2D eigenvalue weighted by Crippen LogP contribution is 2.22. The fraction of sp³-hybridized carbons (Fsp3) is 0.409. The maximum atomic E-state index is 5.56. The van der Waals surface area contributed by atoms with Crippen molar-refractivity contribution in [1.29, 1.82) is 0 Å². The number of hydrogen-bond acceptors (Lipinski definition) is 7. The van der Waals surface area contributed by atoms with Gasteiger partial charge in [-0.15, -0.1) is 0 Å². The predicted octanol–water partition coefficient (Wildman–Crippen LogP) is 3.37. The van der Waals surface area contributed by atoms with E-state index in [1.165, 1.54) is 36.4 Å². The summed E-state index contributed by atoms with van der Waals surface area (Å²) in [6, 6.07) is 12.4. The Hall–Kier alpha value is -2.93. The minimum atomic E-state index is 0. The lowest BCUT2D eigenvalue weighted by molar-refractivity contribution is 0.122. The van der Waals surface area contributed by atoms with Gasteiger partial charge in [0.05, 0.1) is 13.2 Å². The van der Waals surface area contributed by atoms with Gasteiger partial charge in [-0.05, 0) is 30.7 Å². The minimum absolute atomic E-state index is 0. The van der Waals surface area contributed by atoms with Crippen LogP contribution in [0.15, 0.2) is 48.9 Å². The highest BCUT2D eigenvalue weighted by Gasteiger charge is 2.13. The molecule has 29 heavy (non-hydrogen) atoms. The summed E-state index contributed by atoms with van der Waals surface area (Å²) in [5.74, 6) is 2.53. The summed E-state index contributed by atoms with van der Waals surface area (Å²) >= 11 is 0. The summed E-state index contributed by atoms with van der Waals surface area (Å²) in [4.78, 5) is 17.1. The molecular weight excluding hydrogens is 364 g/mol. The molecule has 1 aromatic carbocycles. The van der Waals surface area contributed by atoms with Gasteiger partial charge in [-0.1, -0.05) is 24.3 Å². The Morgan fingerprint density at radius 3 is 2.24 bits per heavy atom. The lowest BCUT2D eigenvalue weighted by atomic mass is 10.1. The first-order valence-corrected chi connectivity index (χ1v) is 10.3. The number of aromatic nitrogens is 3. The number of morpholine rings is 1. The third-order valence-electron chi connectivity index (χ3n) is 5.31. The molecule has 7 nitrogen and oxygen atoms in total. The molecule has 0 spiro atoms. The number of anilines is 3. The van der Waals surface area contributed by atoms with E-state index < -0.39 is 0 Å². The number of rotatable bonds is 2. The number of benzene rings is 1. The van der Waals surface area contributed by atoms with Crippen molar-refractivity contribution in [3.8, 4) is 0 Å². The molecular formula is C22H30N6O. The molecule has 2 aliphatic rings. The molecule has 2 aromatic heterocycles. The first kappa shape index (κ1) is 19.4. The lowest BCUT2D eigenvalue weighted by Crippen LogP contribution is -2.36. The SMILES string of the molecule is Nc1cc(N2CCOCC2)ncn1.[HH].c1ccc2cc(N3CCCCC3)ncc2c1. The molecule has 0 bridgehead atoms. The van der Waals surface area contributed by atoms with E-state index in [0.717, 1.165) is 51.0 Å². The fourth-order valence-corrected chi connectivity index (χ4v) is 3.69. The van der Waals surface area contributed by atoms with E-state index in [-0.39, 0.29) is 1.43 Å². The van der Waals surface area contributed by atoms with Crippen LogP contribution in [0, 0.1) is 0 Å². The van der Waals surface area contributed by atoms with Crippen LogP contribution >= 0.6 is 0 Å². The van der Waals surface area contributed by atoms with Crippen LogP contribution in [-0.4, -0.2) is 54.3 Å². The normalized spacial score (nSPS) is 17.0. The average molecular weight is 395 g/mol. The van der Waals surface area contributed by atoms with E-state index in [4.69, 9.17) is 10.5 Å². The predicted molar refractivity (Wildman–Crippen MR) is 119 cm³/mol. The highest BCUT2D eigenvalue weighted by atomic mass is 16.5. The van der Waals surface area contributed by atoms with E-state index in [0.29, 0.717) is 5.82 Å². The Bertz CT molecular complexity index is 928. The number of pyridine rings is 1. The van der Waals surface area contributed by atoms with Crippen LogP contribution in [0.3, 0.4) is 0 Å². The third-order valence-corrected chi connectivity index (χ3v) is 5.31. The lowest BCUT2D eigenvalue weighted by Gasteiger charge is -2.27. The smallest absolute Gasteiger partial charge is 0.134 e. The Balaban J connectivity index is 0.000000169. The molecule has 0 amide bonds. The van der Waals surface area contributed by atoms with Crippen molar-refractivity contribution in [2.45, 2.75) is 19.3 Å². The number of fused-ring (bicyclic) bond motifs is 1. The molecule has 7 heteroatoms. The van der Waals surface area contributed by atoms with Gasteiger partial charge in [-0.3, -0.25) is 0 Å². The van der Waals surface area contributed by atoms with E-state index >= 15 is 0 Å². The van der Waals surface area contributed by atoms with Gasteiger partial charge < -0.3 is 20.3 Å². The number of nitrogen functional groups attached to an aromatic ring is 1.